The Kier molecular flexibility index (Phi) is 6.01. The van der Waals surface area contributed by atoms with Crippen LogP contribution in [-0.2, 0) is 22.7 Å². The number of ether oxygens (including phenoxy) is 2. The van der Waals surface area contributed by atoms with Crippen molar-refractivity contribution in [1.29, 1.82) is 0 Å². The fourth-order valence-corrected chi connectivity index (χ4v) is 3.56. The van der Waals surface area contributed by atoms with Crippen molar-refractivity contribution in [2.75, 3.05) is 21.3 Å². The third-order valence-corrected chi connectivity index (χ3v) is 5.63. The van der Waals surface area contributed by atoms with Gasteiger partial charge in [0.25, 0.3) is 0 Å². The van der Waals surface area contributed by atoms with Crippen LogP contribution in [0.5, 0.6) is 11.5 Å². The molecule has 0 atom stereocenters. The Morgan fingerprint density at radius 2 is 1.52 bits per heavy atom. The van der Waals surface area contributed by atoms with E-state index in [0.717, 1.165) is 28.6 Å². The summed E-state index contributed by atoms with van der Waals surface area (Å²) in [5, 5.41) is 0. The van der Waals surface area contributed by atoms with E-state index in [-0.39, 0.29) is 18.0 Å². The lowest BCUT2D eigenvalue weighted by Gasteiger charge is -2.19. The lowest BCUT2D eigenvalue weighted by Crippen LogP contribution is -2.27. The maximum Gasteiger partial charge on any atom is 0.416 e. The Labute approximate surface area is 154 Å². The van der Waals surface area contributed by atoms with E-state index in [4.69, 9.17) is 9.47 Å². The summed E-state index contributed by atoms with van der Waals surface area (Å²) in [6, 6.07) is 5.92. The number of nitrogens with zero attached hydrogens (tertiary/aromatic N) is 1. The van der Waals surface area contributed by atoms with Gasteiger partial charge in [-0.3, -0.25) is 0 Å². The van der Waals surface area contributed by atoms with Gasteiger partial charge >= 0.3 is 6.18 Å². The smallest absolute Gasteiger partial charge is 0.416 e. The molecule has 0 aliphatic rings. The Bertz CT molecular complexity index is 912. The van der Waals surface area contributed by atoms with Crippen molar-refractivity contribution in [3.05, 3.63) is 53.3 Å². The molecule has 10 heteroatoms. The lowest BCUT2D eigenvalue weighted by molar-refractivity contribution is -0.137. The highest BCUT2D eigenvalue weighted by Crippen LogP contribution is 2.33. The van der Waals surface area contributed by atoms with Gasteiger partial charge in [-0.25, -0.2) is 12.8 Å². The van der Waals surface area contributed by atoms with Crippen molar-refractivity contribution in [3.63, 3.8) is 0 Å². The molecule has 0 unspecified atom stereocenters. The van der Waals surface area contributed by atoms with E-state index in [0.29, 0.717) is 5.56 Å². The molecule has 0 aliphatic carbocycles. The van der Waals surface area contributed by atoms with E-state index in [2.05, 4.69) is 0 Å². The number of halogens is 4. The third-order valence-electron chi connectivity index (χ3n) is 3.81. The fraction of sp³-hybridized carbons (Fsp3) is 0.294. The molecule has 2 rings (SSSR count). The average Bonchev–Trinajstić information content (AvgIpc) is 2.60. The number of hydrogen-bond acceptors (Lipinski definition) is 4. The van der Waals surface area contributed by atoms with Crippen LogP contribution in [0.25, 0.3) is 0 Å². The second-order valence-corrected chi connectivity index (χ2v) is 7.61. The van der Waals surface area contributed by atoms with Crippen molar-refractivity contribution in [2.24, 2.45) is 0 Å². The minimum Gasteiger partial charge on any atom is -0.493 e. The highest BCUT2D eigenvalue weighted by Gasteiger charge is 2.30. The summed E-state index contributed by atoms with van der Waals surface area (Å²) in [4.78, 5) is -0.630. The minimum absolute atomic E-state index is 0.0272. The van der Waals surface area contributed by atoms with Crippen molar-refractivity contribution in [3.8, 4) is 11.5 Å². The first-order valence-electron chi connectivity index (χ1n) is 7.54. The van der Waals surface area contributed by atoms with Gasteiger partial charge in [-0.2, -0.15) is 17.5 Å². The maximum atomic E-state index is 14.3. The molecule has 0 heterocycles. The third kappa shape index (κ3) is 4.51. The summed E-state index contributed by atoms with van der Waals surface area (Å²) in [5.41, 5.74) is -0.530. The highest BCUT2D eigenvalue weighted by molar-refractivity contribution is 7.89. The van der Waals surface area contributed by atoms with Gasteiger partial charge in [-0.1, -0.05) is 12.1 Å². The number of benzene rings is 2. The van der Waals surface area contributed by atoms with Crippen molar-refractivity contribution >= 4 is 10.0 Å². The van der Waals surface area contributed by atoms with Crippen molar-refractivity contribution in [1.82, 2.24) is 4.31 Å². The summed E-state index contributed by atoms with van der Waals surface area (Å²) in [7, 11) is -0.510. The predicted molar refractivity (Wildman–Crippen MR) is 89.6 cm³/mol. The van der Waals surface area contributed by atoms with Gasteiger partial charge in [0.05, 0.1) is 19.8 Å². The van der Waals surface area contributed by atoms with E-state index in [9.17, 15) is 26.0 Å². The largest absolute Gasteiger partial charge is 0.493 e. The standard InChI is InChI=1S/C17H17F4NO4S/c1-22(10-11-4-6-12(7-5-11)17(19,20)21)27(23,24)16-9-15(26-3)14(25-2)8-13(16)18/h4-9H,10H2,1-3H3. The highest BCUT2D eigenvalue weighted by atomic mass is 32.2. The van der Waals surface area contributed by atoms with E-state index in [1.165, 1.54) is 33.4 Å². The molecule has 0 spiro atoms. The lowest BCUT2D eigenvalue weighted by atomic mass is 10.1. The van der Waals surface area contributed by atoms with Gasteiger partial charge in [-0.05, 0) is 17.7 Å². The Morgan fingerprint density at radius 1 is 1.00 bits per heavy atom. The Morgan fingerprint density at radius 3 is 2.00 bits per heavy atom. The zero-order valence-electron chi connectivity index (χ0n) is 14.7. The number of rotatable bonds is 6. The topological polar surface area (TPSA) is 55.8 Å². The summed E-state index contributed by atoms with van der Waals surface area (Å²) in [5.74, 6) is -0.980. The molecule has 0 fully saturated rings. The van der Waals surface area contributed by atoms with Gasteiger partial charge in [-0.15, -0.1) is 0 Å². The van der Waals surface area contributed by atoms with E-state index < -0.39 is 32.5 Å². The van der Waals surface area contributed by atoms with Crippen LogP contribution in [0.1, 0.15) is 11.1 Å². The van der Waals surface area contributed by atoms with Crippen LogP contribution < -0.4 is 9.47 Å². The number of methoxy groups -OCH3 is 2. The molecular formula is C17H17F4NO4S. The molecule has 0 saturated carbocycles. The van der Waals surface area contributed by atoms with Crippen LogP contribution in [0.3, 0.4) is 0 Å². The molecule has 0 bridgehead atoms. The number of hydrogen-bond donors (Lipinski definition) is 0. The molecule has 5 nitrogen and oxygen atoms in total. The Balaban J connectivity index is 2.31. The van der Waals surface area contributed by atoms with E-state index in [1.807, 2.05) is 0 Å². The second kappa shape index (κ2) is 7.73. The normalized spacial score (nSPS) is 12.3. The first-order chi connectivity index (χ1) is 12.5. The fourth-order valence-electron chi connectivity index (χ4n) is 2.34. The molecule has 0 saturated heterocycles. The van der Waals surface area contributed by atoms with E-state index in [1.54, 1.807) is 0 Å². The first-order valence-corrected chi connectivity index (χ1v) is 8.98. The maximum absolute atomic E-state index is 14.3. The zero-order chi connectivity index (χ0) is 20.4. The molecule has 0 radical (unpaired) electrons. The second-order valence-electron chi connectivity index (χ2n) is 5.59. The van der Waals surface area contributed by atoms with Crippen LogP contribution in [0.2, 0.25) is 0 Å². The molecule has 148 valence electrons. The SMILES string of the molecule is COc1cc(F)c(S(=O)(=O)N(C)Cc2ccc(C(F)(F)F)cc2)cc1OC. The van der Waals surface area contributed by atoms with Crippen LogP contribution in [0.4, 0.5) is 17.6 Å². The quantitative estimate of drug-likeness (QED) is 0.686. The van der Waals surface area contributed by atoms with E-state index >= 15 is 0 Å². The van der Waals surface area contributed by atoms with Crippen LogP contribution in [0.15, 0.2) is 41.3 Å². The van der Waals surface area contributed by atoms with Crippen LogP contribution >= 0.6 is 0 Å². The molecule has 2 aromatic rings. The molecule has 27 heavy (non-hydrogen) atoms. The summed E-state index contributed by atoms with van der Waals surface area (Å²) < 4.78 is 88.1. The van der Waals surface area contributed by atoms with Gasteiger partial charge in [0.1, 0.15) is 10.7 Å². The molecule has 0 aliphatic heterocycles. The van der Waals surface area contributed by atoms with Gasteiger partial charge in [0.15, 0.2) is 11.5 Å². The van der Waals surface area contributed by atoms with Crippen LogP contribution in [-0.4, -0.2) is 34.0 Å². The minimum atomic E-state index is -4.49. The molecule has 0 amide bonds. The van der Waals surface area contributed by atoms with Gasteiger partial charge < -0.3 is 9.47 Å². The predicted octanol–water partition coefficient (Wildman–Crippen LogP) is 3.68. The summed E-state index contributed by atoms with van der Waals surface area (Å²) in [6.07, 6.45) is -4.49. The Hall–Kier alpha value is -2.33. The zero-order valence-corrected chi connectivity index (χ0v) is 15.5. The van der Waals surface area contributed by atoms with Gasteiger partial charge in [0, 0.05) is 25.7 Å². The number of sulfonamides is 1. The molecule has 0 N–H and O–H groups in total. The molecule has 0 aromatic heterocycles. The monoisotopic (exact) mass is 407 g/mol. The summed E-state index contributed by atoms with van der Waals surface area (Å²) >= 11 is 0. The first kappa shape index (κ1) is 21.0. The van der Waals surface area contributed by atoms with Crippen LogP contribution in [0, 0.1) is 5.82 Å². The molecular weight excluding hydrogens is 390 g/mol. The van der Waals surface area contributed by atoms with Crippen molar-refractivity contribution < 1.29 is 35.5 Å². The summed E-state index contributed by atoms with van der Waals surface area (Å²) in [6.45, 7) is -0.242. The van der Waals surface area contributed by atoms with Crippen molar-refractivity contribution in [2.45, 2.75) is 17.6 Å². The van der Waals surface area contributed by atoms with Gasteiger partial charge in [0.2, 0.25) is 10.0 Å². The molecule has 2 aromatic carbocycles. The number of alkyl halides is 3. The average molecular weight is 407 g/mol.